The van der Waals surface area contributed by atoms with Gasteiger partial charge in [0.1, 0.15) is 0 Å². The number of aromatic carboxylic acids is 1. The second-order valence-electron chi connectivity index (χ2n) is 3.56. The van der Waals surface area contributed by atoms with Crippen molar-refractivity contribution < 1.29 is 9.90 Å². The molecule has 1 N–H and O–H groups in total. The first-order chi connectivity index (χ1) is 8.41. The summed E-state index contributed by atoms with van der Waals surface area (Å²) in [5, 5.41) is 13.8. The Morgan fingerprint density at radius 3 is 2.56 bits per heavy atom. The Morgan fingerprint density at radius 2 is 2.06 bits per heavy atom. The van der Waals surface area contributed by atoms with Crippen LogP contribution >= 0.6 is 39.1 Å². The highest BCUT2D eigenvalue weighted by molar-refractivity contribution is 9.10. The second-order valence-corrected chi connectivity index (χ2v) is 5.17. The zero-order chi connectivity index (χ0) is 13.4. The summed E-state index contributed by atoms with van der Waals surface area (Å²) < 4.78 is 1.94. The lowest BCUT2D eigenvalue weighted by Crippen LogP contribution is -2.02. The summed E-state index contributed by atoms with van der Waals surface area (Å²) in [6.07, 6.45) is 0. The van der Waals surface area contributed by atoms with Crippen LogP contribution in [0.25, 0.3) is 5.69 Å². The minimum absolute atomic E-state index is 0.0430. The molecule has 0 unspecified atom stereocenters. The van der Waals surface area contributed by atoms with Gasteiger partial charge < -0.3 is 5.11 Å². The number of carboxylic acids is 1. The molecule has 1 aromatic heterocycles. The number of benzene rings is 1. The summed E-state index contributed by atoms with van der Waals surface area (Å²) in [6.45, 7) is 1.76. The topological polar surface area (TPSA) is 55.1 Å². The highest BCUT2D eigenvalue weighted by Crippen LogP contribution is 2.28. The molecule has 0 fully saturated rings. The Hall–Kier alpha value is -1.04. The van der Waals surface area contributed by atoms with Crippen molar-refractivity contribution >= 4 is 45.1 Å². The van der Waals surface area contributed by atoms with E-state index in [1.54, 1.807) is 25.1 Å². The van der Waals surface area contributed by atoms with Gasteiger partial charge in [0.25, 0.3) is 0 Å². The molecule has 7 heteroatoms. The summed E-state index contributed by atoms with van der Waals surface area (Å²) in [4.78, 5) is 11.0. The van der Waals surface area contributed by atoms with Crippen LogP contribution in [-0.4, -0.2) is 20.9 Å². The van der Waals surface area contributed by atoms with Crippen LogP contribution in [-0.2, 0) is 0 Å². The third-order valence-electron chi connectivity index (χ3n) is 2.39. The van der Waals surface area contributed by atoms with Crippen molar-refractivity contribution in [1.82, 2.24) is 9.78 Å². The van der Waals surface area contributed by atoms with Gasteiger partial charge in [0.15, 0.2) is 5.69 Å². The molecule has 0 atom stereocenters. The first-order valence-electron chi connectivity index (χ1n) is 4.85. The zero-order valence-corrected chi connectivity index (χ0v) is 12.2. The third-order valence-corrected chi connectivity index (χ3v) is 4.08. The van der Waals surface area contributed by atoms with E-state index in [1.165, 1.54) is 4.68 Å². The lowest BCUT2D eigenvalue weighted by Gasteiger charge is -2.05. The van der Waals surface area contributed by atoms with E-state index in [0.29, 0.717) is 25.9 Å². The minimum Gasteiger partial charge on any atom is -0.476 e. The molecule has 4 nitrogen and oxygen atoms in total. The maximum atomic E-state index is 11.0. The standard InChI is InChI=1S/C11H7BrCl2N2O2/c1-5-9(12)10(11(17)18)15-16(5)6-2-3-7(13)8(14)4-6/h2-4H,1H3,(H,17,18). The van der Waals surface area contributed by atoms with E-state index in [2.05, 4.69) is 21.0 Å². The van der Waals surface area contributed by atoms with E-state index < -0.39 is 5.97 Å². The number of hydrogen-bond donors (Lipinski definition) is 1. The third kappa shape index (κ3) is 2.25. The molecule has 18 heavy (non-hydrogen) atoms. The average Bonchev–Trinajstić information content (AvgIpc) is 2.60. The van der Waals surface area contributed by atoms with Crippen LogP contribution in [0.3, 0.4) is 0 Å². The van der Waals surface area contributed by atoms with Crippen LogP contribution in [0.15, 0.2) is 22.7 Å². The van der Waals surface area contributed by atoms with E-state index in [0.717, 1.165) is 0 Å². The van der Waals surface area contributed by atoms with Gasteiger partial charge in [-0.2, -0.15) is 5.10 Å². The number of carboxylic acid groups (broad SMARTS) is 1. The van der Waals surface area contributed by atoms with Crippen LogP contribution in [0.1, 0.15) is 16.2 Å². The Balaban J connectivity index is 2.61. The Morgan fingerprint density at radius 1 is 1.39 bits per heavy atom. The highest BCUT2D eigenvalue weighted by atomic mass is 79.9. The van der Waals surface area contributed by atoms with Gasteiger partial charge in [-0.3, -0.25) is 0 Å². The van der Waals surface area contributed by atoms with Crippen molar-refractivity contribution in [2.75, 3.05) is 0 Å². The fourth-order valence-corrected chi connectivity index (χ4v) is 2.20. The van der Waals surface area contributed by atoms with Gasteiger partial charge in [-0.25, -0.2) is 9.48 Å². The predicted molar refractivity (Wildman–Crippen MR) is 73.0 cm³/mol. The molecule has 0 spiro atoms. The molecule has 2 aromatic rings. The number of halogens is 3. The maximum Gasteiger partial charge on any atom is 0.357 e. The van der Waals surface area contributed by atoms with Crippen molar-refractivity contribution in [1.29, 1.82) is 0 Å². The fraction of sp³-hybridized carbons (Fsp3) is 0.0909. The largest absolute Gasteiger partial charge is 0.476 e. The molecular weight excluding hydrogens is 343 g/mol. The molecule has 0 saturated heterocycles. The van der Waals surface area contributed by atoms with Crippen LogP contribution in [0.2, 0.25) is 10.0 Å². The van der Waals surface area contributed by atoms with Gasteiger partial charge in [0, 0.05) is 0 Å². The molecule has 1 aromatic carbocycles. The molecular formula is C11H7BrCl2N2O2. The number of carbonyl (C=O) groups is 1. The van der Waals surface area contributed by atoms with Crippen molar-refractivity contribution in [3.05, 3.63) is 44.1 Å². The number of nitrogens with zero attached hydrogens (tertiary/aromatic N) is 2. The molecule has 2 rings (SSSR count). The van der Waals surface area contributed by atoms with Gasteiger partial charge >= 0.3 is 5.97 Å². The second kappa shape index (κ2) is 4.91. The molecule has 0 aliphatic heterocycles. The molecule has 0 amide bonds. The lowest BCUT2D eigenvalue weighted by molar-refractivity contribution is 0.0689. The van der Waals surface area contributed by atoms with Crippen LogP contribution in [0.5, 0.6) is 0 Å². The van der Waals surface area contributed by atoms with Gasteiger partial charge in [0.05, 0.1) is 25.9 Å². The Labute approximate surface area is 121 Å². The normalized spacial score (nSPS) is 10.7. The van der Waals surface area contributed by atoms with Gasteiger partial charge in [0.2, 0.25) is 0 Å². The molecule has 0 bridgehead atoms. The Kier molecular flexibility index (Phi) is 3.66. The predicted octanol–water partition coefficient (Wildman–Crippen LogP) is 3.95. The monoisotopic (exact) mass is 348 g/mol. The van der Waals surface area contributed by atoms with Crippen molar-refractivity contribution in [3.8, 4) is 5.69 Å². The maximum absolute atomic E-state index is 11.0. The quantitative estimate of drug-likeness (QED) is 0.893. The van der Waals surface area contributed by atoms with Crippen LogP contribution in [0, 0.1) is 6.92 Å². The summed E-state index contributed by atoms with van der Waals surface area (Å²) >= 11 is 15.0. The summed E-state index contributed by atoms with van der Waals surface area (Å²) in [7, 11) is 0. The highest BCUT2D eigenvalue weighted by Gasteiger charge is 2.19. The Bertz CT molecular complexity index is 640. The van der Waals surface area contributed by atoms with Crippen LogP contribution < -0.4 is 0 Å². The van der Waals surface area contributed by atoms with Crippen molar-refractivity contribution in [2.45, 2.75) is 6.92 Å². The smallest absolute Gasteiger partial charge is 0.357 e. The van der Waals surface area contributed by atoms with Gasteiger partial charge in [-0.15, -0.1) is 0 Å². The van der Waals surface area contributed by atoms with E-state index in [4.69, 9.17) is 28.3 Å². The molecule has 0 radical (unpaired) electrons. The van der Waals surface area contributed by atoms with E-state index in [9.17, 15) is 4.79 Å². The summed E-state index contributed by atoms with van der Waals surface area (Å²) in [5.41, 5.74) is 1.28. The van der Waals surface area contributed by atoms with E-state index >= 15 is 0 Å². The number of hydrogen-bond acceptors (Lipinski definition) is 2. The van der Waals surface area contributed by atoms with E-state index in [-0.39, 0.29) is 5.69 Å². The zero-order valence-electron chi connectivity index (χ0n) is 9.12. The fourth-order valence-electron chi connectivity index (χ4n) is 1.49. The van der Waals surface area contributed by atoms with Crippen molar-refractivity contribution in [2.24, 2.45) is 0 Å². The first-order valence-corrected chi connectivity index (χ1v) is 6.40. The van der Waals surface area contributed by atoms with Crippen LogP contribution in [0.4, 0.5) is 0 Å². The molecule has 0 aliphatic carbocycles. The van der Waals surface area contributed by atoms with E-state index in [1.807, 2.05) is 0 Å². The average molecular weight is 350 g/mol. The summed E-state index contributed by atoms with van der Waals surface area (Å²) in [6, 6.07) is 4.98. The number of rotatable bonds is 2. The van der Waals surface area contributed by atoms with Gasteiger partial charge in [-0.1, -0.05) is 23.2 Å². The van der Waals surface area contributed by atoms with Gasteiger partial charge in [-0.05, 0) is 41.1 Å². The molecule has 94 valence electrons. The molecule has 0 saturated carbocycles. The minimum atomic E-state index is -1.09. The summed E-state index contributed by atoms with van der Waals surface area (Å²) in [5.74, 6) is -1.09. The first kappa shape index (κ1) is 13.4. The lowest BCUT2D eigenvalue weighted by atomic mass is 10.3. The SMILES string of the molecule is Cc1c(Br)c(C(=O)O)nn1-c1ccc(Cl)c(Cl)c1. The molecule has 1 heterocycles. The van der Waals surface area contributed by atoms with Crippen molar-refractivity contribution in [3.63, 3.8) is 0 Å². The number of aromatic nitrogens is 2. The molecule has 0 aliphatic rings.